The molecule has 1 saturated heterocycles. The normalized spacial score (nSPS) is 42.6. The smallest absolute Gasteiger partial charge is 0.337 e. The lowest BCUT2D eigenvalue weighted by Gasteiger charge is -2.47. The summed E-state index contributed by atoms with van der Waals surface area (Å²) in [4.78, 5) is 25.3. The van der Waals surface area contributed by atoms with Gasteiger partial charge in [-0.1, -0.05) is 6.92 Å². The van der Waals surface area contributed by atoms with E-state index in [1.807, 2.05) is 13.0 Å². The van der Waals surface area contributed by atoms with Crippen molar-refractivity contribution in [2.45, 2.75) is 50.9 Å². The van der Waals surface area contributed by atoms with Gasteiger partial charge in [0.15, 0.2) is 0 Å². The van der Waals surface area contributed by atoms with Crippen molar-refractivity contribution in [3.63, 3.8) is 0 Å². The molecule has 4 aliphatic rings. The number of carbonyl (C=O) groups is 2. The van der Waals surface area contributed by atoms with E-state index in [1.54, 1.807) is 12.5 Å². The van der Waals surface area contributed by atoms with Crippen LogP contribution in [-0.4, -0.2) is 29.3 Å². The van der Waals surface area contributed by atoms with Crippen LogP contribution in [0.3, 0.4) is 0 Å². The summed E-state index contributed by atoms with van der Waals surface area (Å²) >= 11 is 0. The number of cyclic esters (lactones) is 1. The molecule has 2 aliphatic heterocycles. The second kappa shape index (κ2) is 4.97. The molecular weight excluding hydrogens is 324 g/mol. The number of hydrogen-bond acceptors (Lipinski definition) is 6. The molecule has 1 saturated carbocycles. The number of aliphatic hydroxyl groups excluding tert-OH is 1. The maximum atomic E-state index is 13.1. The zero-order chi connectivity index (χ0) is 17.3. The molecule has 0 aromatic carbocycles. The van der Waals surface area contributed by atoms with Gasteiger partial charge in [0.05, 0.1) is 29.6 Å². The van der Waals surface area contributed by atoms with Crippen molar-refractivity contribution < 1.29 is 28.6 Å². The highest BCUT2D eigenvalue weighted by molar-refractivity contribution is 5.95. The van der Waals surface area contributed by atoms with E-state index < -0.39 is 17.5 Å². The van der Waals surface area contributed by atoms with Gasteiger partial charge in [-0.3, -0.25) is 4.79 Å². The number of carbonyl (C=O) groups excluding carboxylic acids is 2. The highest BCUT2D eigenvalue weighted by atomic mass is 16.6. The number of ether oxygens (including phenoxy) is 2. The molecule has 1 N–H and O–H groups in total. The van der Waals surface area contributed by atoms with Crippen LogP contribution in [-0.2, 0) is 19.1 Å². The molecule has 1 aromatic rings. The predicted molar refractivity (Wildman–Crippen MR) is 84.0 cm³/mol. The Labute approximate surface area is 144 Å². The van der Waals surface area contributed by atoms with Gasteiger partial charge in [-0.05, 0) is 36.8 Å². The highest BCUT2D eigenvalue weighted by Gasteiger charge is 2.64. The Morgan fingerprint density at radius 3 is 2.80 bits per heavy atom. The van der Waals surface area contributed by atoms with E-state index in [0.717, 1.165) is 11.1 Å². The van der Waals surface area contributed by atoms with Gasteiger partial charge < -0.3 is 19.0 Å². The molecule has 2 aliphatic carbocycles. The topological polar surface area (TPSA) is 86.0 Å². The van der Waals surface area contributed by atoms with Crippen molar-refractivity contribution in [2.75, 3.05) is 0 Å². The van der Waals surface area contributed by atoms with E-state index in [0.29, 0.717) is 31.3 Å². The van der Waals surface area contributed by atoms with Gasteiger partial charge in [0.25, 0.3) is 0 Å². The predicted octanol–water partition coefficient (Wildman–Crippen LogP) is 2.29. The molecule has 5 rings (SSSR count). The summed E-state index contributed by atoms with van der Waals surface area (Å²) in [7, 11) is 0. The van der Waals surface area contributed by atoms with Gasteiger partial charge in [0, 0.05) is 17.9 Å². The van der Waals surface area contributed by atoms with E-state index in [9.17, 15) is 14.7 Å². The first-order chi connectivity index (χ1) is 12.0. The minimum atomic E-state index is -0.781. The van der Waals surface area contributed by atoms with E-state index in [4.69, 9.17) is 13.9 Å². The fourth-order valence-corrected chi connectivity index (χ4v) is 5.50. The summed E-state index contributed by atoms with van der Waals surface area (Å²) in [5.74, 6) is -0.676. The lowest BCUT2D eigenvalue weighted by atomic mass is 9.53. The van der Waals surface area contributed by atoms with Crippen molar-refractivity contribution in [3.05, 3.63) is 35.3 Å². The van der Waals surface area contributed by atoms with Crippen molar-refractivity contribution in [3.8, 4) is 0 Å². The minimum Gasteiger partial charge on any atom is -0.472 e. The average Bonchev–Trinajstić information content (AvgIpc) is 3.27. The second-order valence-corrected chi connectivity index (χ2v) is 7.74. The summed E-state index contributed by atoms with van der Waals surface area (Å²) in [6, 6.07) is 1.82. The molecule has 0 amide bonds. The lowest BCUT2D eigenvalue weighted by molar-refractivity contribution is -0.156. The Morgan fingerprint density at radius 2 is 2.04 bits per heavy atom. The van der Waals surface area contributed by atoms with Crippen LogP contribution in [0.15, 0.2) is 34.2 Å². The molecule has 6 atom stereocenters. The van der Waals surface area contributed by atoms with Gasteiger partial charge in [-0.2, -0.15) is 0 Å². The molecule has 1 spiro atoms. The van der Waals surface area contributed by atoms with Crippen molar-refractivity contribution in [1.29, 1.82) is 0 Å². The molecule has 0 bridgehead atoms. The zero-order valence-electron chi connectivity index (χ0n) is 13.9. The third kappa shape index (κ3) is 1.83. The van der Waals surface area contributed by atoms with Crippen molar-refractivity contribution in [1.82, 2.24) is 0 Å². The molecule has 2 fully saturated rings. The van der Waals surface area contributed by atoms with Crippen LogP contribution in [0, 0.1) is 17.3 Å². The average molecular weight is 344 g/mol. The summed E-state index contributed by atoms with van der Waals surface area (Å²) in [6.07, 6.45) is 4.11. The molecule has 0 radical (unpaired) electrons. The van der Waals surface area contributed by atoms with Crippen LogP contribution in [0.2, 0.25) is 0 Å². The number of hydrogen-bond donors (Lipinski definition) is 1. The third-order valence-electron chi connectivity index (χ3n) is 6.70. The molecule has 3 heterocycles. The first kappa shape index (κ1) is 15.2. The monoisotopic (exact) mass is 344 g/mol. The van der Waals surface area contributed by atoms with Crippen LogP contribution in [0.25, 0.3) is 0 Å². The molecule has 0 unspecified atom stereocenters. The Balaban J connectivity index is 1.61. The SMILES string of the molecule is C[C@@H]1C[C@@H]2OC(=O)C3=C2[C@H](CC[C@@H]3O)[C@@]12C[C@@H](c1ccoc1)OC2=O. The highest BCUT2D eigenvalue weighted by Crippen LogP contribution is 2.62. The number of esters is 2. The number of rotatable bonds is 1. The molecule has 6 heteroatoms. The van der Waals surface area contributed by atoms with Crippen molar-refractivity contribution >= 4 is 11.9 Å². The zero-order valence-corrected chi connectivity index (χ0v) is 13.9. The van der Waals surface area contributed by atoms with Crippen LogP contribution in [0.4, 0.5) is 0 Å². The van der Waals surface area contributed by atoms with E-state index in [2.05, 4.69) is 0 Å². The van der Waals surface area contributed by atoms with Crippen LogP contribution in [0.5, 0.6) is 0 Å². The fraction of sp³-hybridized carbons (Fsp3) is 0.579. The first-order valence-corrected chi connectivity index (χ1v) is 8.88. The van der Waals surface area contributed by atoms with E-state index in [-0.39, 0.29) is 30.0 Å². The number of aliphatic hydroxyl groups is 1. The van der Waals surface area contributed by atoms with E-state index in [1.165, 1.54) is 0 Å². The Kier molecular flexibility index (Phi) is 3.02. The molecular formula is C19H20O6. The Hall–Kier alpha value is -2.08. The van der Waals surface area contributed by atoms with Gasteiger partial charge in [0.2, 0.25) is 0 Å². The maximum Gasteiger partial charge on any atom is 0.337 e. The summed E-state index contributed by atoms with van der Waals surface area (Å²) in [6.45, 7) is 2.05. The Morgan fingerprint density at radius 1 is 1.20 bits per heavy atom. The third-order valence-corrected chi connectivity index (χ3v) is 6.70. The molecule has 25 heavy (non-hydrogen) atoms. The summed E-state index contributed by atoms with van der Waals surface area (Å²) in [5, 5.41) is 10.3. The van der Waals surface area contributed by atoms with Gasteiger partial charge in [-0.25, -0.2) is 4.79 Å². The maximum absolute atomic E-state index is 13.1. The Bertz CT molecular complexity index is 778. The van der Waals surface area contributed by atoms with Gasteiger partial charge >= 0.3 is 11.9 Å². The van der Waals surface area contributed by atoms with Gasteiger partial charge in [-0.15, -0.1) is 0 Å². The first-order valence-electron chi connectivity index (χ1n) is 8.88. The number of furan rings is 1. The summed E-state index contributed by atoms with van der Waals surface area (Å²) in [5.41, 5.74) is 1.45. The van der Waals surface area contributed by atoms with Crippen LogP contribution >= 0.6 is 0 Å². The van der Waals surface area contributed by atoms with E-state index >= 15 is 0 Å². The quantitative estimate of drug-likeness (QED) is 0.787. The van der Waals surface area contributed by atoms with Crippen LogP contribution < -0.4 is 0 Å². The summed E-state index contributed by atoms with van der Waals surface area (Å²) < 4.78 is 16.4. The van der Waals surface area contributed by atoms with Crippen LogP contribution in [0.1, 0.15) is 44.3 Å². The molecule has 6 nitrogen and oxygen atoms in total. The second-order valence-electron chi connectivity index (χ2n) is 7.74. The fourth-order valence-electron chi connectivity index (χ4n) is 5.50. The largest absolute Gasteiger partial charge is 0.472 e. The minimum absolute atomic E-state index is 0.0399. The van der Waals surface area contributed by atoms with Gasteiger partial charge in [0.1, 0.15) is 12.2 Å². The van der Waals surface area contributed by atoms with Crippen molar-refractivity contribution in [2.24, 2.45) is 17.3 Å². The standard InChI is InChI=1S/C19H20O6/c1-9-6-13-15-11(2-3-12(20)16(15)17(21)24-13)19(9)7-14(25-18(19)22)10-4-5-23-8-10/h4-5,8-9,11-14,20H,2-3,6-7H2,1H3/t9-,11+,12+,13+,14+,19-/m1/s1. The molecule has 132 valence electrons. The molecule has 1 aromatic heterocycles. The lowest BCUT2D eigenvalue weighted by Crippen LogP contribution is -2.50. The number of fused-ring (bicyclic) bond motifs is 1.